The molecule has 20 heavy (non-hydrogen) atoms. The second-order valence-electron chi connectivity index (χ2n) is 5.02. The van der Waals surface area contributed by atoms with Gasteiger partial charge in [-0.1, -0.05) is 61.0 Å². The molecule has 2 rings (SSSR count). The molecule has 0 spiro atoms. The van der Waals surface area contributed by atoms with Crippen molar-refractivity contribution in [2.45, 2.75) is 32.1 Å². The van der Waals surface area contributed by atoms with Crippen molar-refractivity contribution in [1.29, 1.82) is 0 Å². The number of carboxylic acids is 1. The Kier molecular flexibility index (Phi) is 5.36. The normalized spacial score (nSPS) is 10.4. The number of rotatable bonds is 7. The highest BCUT2D eigenvalue weighted by Crippen LogP contribution is 2.20. The molecule has 0 unspecified atom stereocenters. The summed E-state index contributed by atoms with van der Waals surface area (Å²) in [6.45, 7) is 0. The molecule has 0 bridgehead atoms. The molecule has 0 atom stereocenters. The van der Waals surface area contributed by atoms with E-state index in [1.165, 1.54) is 16.7 Å². The number of aryl methyl sites for hydroxylation is 1. The maximum Gasteiger partial charge on any atom is 0.303 e. The number of carboxylic acid groups (broad SMARTS) is 1. The van der Waals surface area contributed by atoms with Crippen LogP contribution in [0.15, 0.2) is 54.6 Å². The molecule has 0 aromatic heterocycles. The van der Waals surface area contributed by atoms with Crippen LogP contribution in [0.1, 0.15) is 31.2 Å². The van der Waals surface area contributed by atoms with Gasteiger partial charge in [0.15, 0.2) is 0 Å². The van der Waals surface area contributed by atoms with E-state index in [0.29, 0.717) is 0 Å². The van der Waals surface area contributed by atoms with E-state index in [-0.39, 0.29) is 6.42 Å². The van der Waals surface area contributed by atoms with E-state index in [0.717, 1.165) is 25.7 Å². The van der Waals surface area contributed by atoms with Gasteiger partial charge in [-0.2, -0.15) is 0 Å². The maximum absolute atomic E-state index is 10.4. The smallest absolute Gasteiger partial charge is 0.303 e. The number of unbranched alkanes of at least 4 members (excludes halogenated alkanes) is 2. The third-order valence-corrected chi connectivity index (χ3v) is 3.42. The molecule has 0 saturated heterocycles. The first kappa shape index (κ1) is 14.3. The Labute approximate surface area is 120 Å². The third-order valence-electron chi connectivity index (χ3n) is 3.42. The summed E-state index contributed by atoms with van der Waals surface area (Å²) in [6.07, 6.45) is 4.11. The van der Waals surface area contributed by atoms with Crippen molar-refractivity contribution < 1.29 is 9.90 Å². The second kappa shape index (κ2) is 7.49. The summed E-state index contributed by atoms with van der Waals surface area (Å²) in [6, 6.07) is 19.0. The van der Waals surface area contributed by atoms with Gasteiger partial charge < -0.3 is 5.11 Å². The Morgan fingerprint density at radius 3 is 2.10 bits per heavy atom. The minimum absolute atomic E-state index is 0.285. The molecule has 1 N–H and O–H groups in total. The Hall–Kier alpha value is -2.09. The van der Waals surface area contributed by atoms with Crippen LogP contribution < -0.4 is 0 Å². The predicted molar refractivity (Wildman–Crippen MR) is 81.7 cm³/mol. The van der Waals surface area contributed by atoms with Gasteiger partial charge in [0.05, 0.1) is 0 Å². The molecule has 2 nitrogen and oxygen atoms in total. The van der Waals surface area contributed by atoms with Gasteiger partial charge in [-0.05, 0) is 36.0 Å². The monoisotopic (exact) mass is 268 g/mol. The summed E-state index contributed by atoms with van der Waals surface area (Å²) in [4.78, 5) is 10.4. The zero-order valence-electron chi connectivity index (χ0n) is 11.6. The molecular formula is C18H20O2. The van der Waals surface area contributed by atoms with E-state index in [4.69, 9.17) is 5.11 Å². The minimum atomic E-state index is -0.697. The van der Waals surface area contributed by atoms with E-state index < -0.39 is 5.97 Å². The fourth-order valence-corrected chi connectivity index (χ4v) is 2.28. The van der Waals surface area contributed by atoms with Crippen molar-refractivity contribution in [3.8, 4) is 11.1 Å². The quantitative estimate of drug-likeness (QED) is 0.748. The number of carbonyl (C=O) groups is 1. The summed E-state index contributed by atoms with van der Waals surface area (Å²) in [5.74, 6) is -0.697. The standard InChI is InChI=1S/C18H20O2/c19-18(20)10-6-1-3-7-15-11-13-17(14-12-15)16-8-4-2-5-9-16/h2,4-5,8-9,11-14H,1,3,6-7,10H2,(H,19,20). The van der Waals surface area contributed by atoms with Gasteiger partial charge in [-0.3, -0.25) is 4.79 Å². The number of benzene rings is 2. The first-order valence-corrected chi connectivity index (χ1v) is 7.12. The molecule has 0 amide bonds. The molecule has 2 aromatic carbocycles. The van der Waals surface area contributed by atoms with Gasteiger partial charge in [0.2, 0.25) is 0 Å². The van der Waals surface area contributed by atoms with Crippen molar-refractivity contribution in [2.24, 2.45) is 0 Å². The van der Waals surface area contributed by atoms with Crippen molar-refractivity contribution in [2.75, 3.05) is 0 Å². The molecule has 2 aromatic rings. The molecule has 2 heteroatoms. The number of hydrogen-bond donors (Lipinski definition) is 1. The van der Waals surface area contributed by atoms with Crippen LogP contribution in [0.4, 0.5) is 0 Å². The van der Waals surface area contributed by atoms with Crippen LogP contribution in [0.5, 0.6) is 0 Å². The lowest BCUT2D eigenvalue weighted by atomic mass is 10.0. The van der Waals surface area contributed by atoms with Gasteiger partial charge in [0.1, 0.15) is 0 Å². The maximum atomic E-state index is 10.4. The minimum Gasteiger partial charge on any atom is -0.481 e. The molecule has 0 aliphatic heterocycles. The Bertz CT molecular complexity index is 529. The van der Waals surface area contributed by atoms with Gasteiger partial charge in [0.25, 0.3) is 0 Å². The average molecular weight is 268 g/mol. The van der Waals surface area contributed by atoms with Gasteiger partial charge in [0, 0.05) is 6.42 Å². The van der Waals surface area contributed by atoms with Crippen molar-refractivity contribution in [3.05, 3.63) is 60.2 Å². The highest BCUT2D eigenvalue weighted by molar-refractivity contribution is 5.66. The van der Waals surface area contributed by atoms with E-state index in [1.54, 1.807) is 0 Å². The van der Waals surface area contributed by atoms with Crippen LogP contribution in [-0.2, 0) is 11.2 Å². The lowest BCUT2D eigenvalue weighted by molar-refractivity contribution is -0.137. The van der Waals surface area contributed by atoms with Crippen LogP contribution in [-0.4, -0.2) is 11.1 Å². The zero-order chi connectivity index (χ0) is 14.2. The van der Waals surface area contributed by atoms with Gasteiger partial charge >= 0.3 is 5.97 Å². The summed E-state index contributed by atoms with van der Waals surface area (Å²) in [7, 11) is 0. The highest BCUT2D eigenvalue weighted by Gasteiger charge is 1.99. The number of hydrogen-bond acceptors (Lipinski definition) is 1. The largest absolute Gasteiger partial charge is 0.481 e. The fourth-order valence-electron chi connectivity index (χ4n) is 2.28. The van der Waals surface area contributed by atoms with Gasteiger partial charge in [-0.25, -0.2) is 0 Å². The molecular weight excluding hydrogens is 248 g/mol. The molecule has 104 valence electrons. The molecule has 0 fully saturated rings. The lowest BCUT2D eigenvalue weighted by Gasteiger charge is -2.04. The van der Waals surface area contributed by atoms with Crippen LogP contribution in [0.2, 0.25) is 0 Å². The molecule has 0 saturated carbocycles. The highest BCUT2D eigenvalue weighted by atomic mass is 16.4. The van der Waals surface area contributed by atoms with Gasteiger partial charge in [-0.15, -0.1) is 0 Å². The molecule has 0 radical (unpaired) electrons. The first-order valence-electron chi connectivity index (χ1n) is 7.12. The molecule has 0 heterocycles. The van der Waals surface area contributed by atoms with Crippen LogP contribution in [0, 0.1) is 0 Å². The fraction of sp³-hybridized carbons (Fsp3) is 0.278. The second-order valence-corrected chi connectivity index (χ2v) is 5.02. The Morgan fingerprint density at radius 2 is 1.45 bits per heavy atom. The van der Waals surface area contributed by atoms with E-state index in [2.05, 4.69) is 36.4 Å². The predicted octanol–water partition coefficient (Wildman–Crippen LogP) is 4.54. The van der Waals surface area contributed by atoms with Crippen molar-refractivity contribution >= 4 is 5.97 Å². The molecule has 0 aliphatic rings. The van der Waals surface area contributed by atoms with Crippen molar-refractivity contribution in [3.63, 3.8) is 0 Å². The van der Waals surface area contributed by atoms with E-state index in [1.807, 2.05) is 18.2 Å². The van der Waals surface area contributed by atoms with Crippen molar-refractivity contribution in [1.82, 2.24) is 0 Å². The summed E-state index contributed by atoms with van der Waals surface area (Å²) >= 11 is 0. The molecule has 0 aliphatic carbocycles. The SMILES string of the molecule is O=C(O)CCCCCc1ccc(-c2ccccc2)cc1. The average Bonchev–Trinajstić information content (AvgIpc) is 2.48. The zero-order valence-corrected chi connectivity index (χ0v) is 11.6. The van der Waals surface area contributed by atoms with E-state index in [9.17, 15) is 4.79 Å². The van der Waals surface area contributed by atoms with Crippen LogP contribution in [0.3, 0.4) is 0 Å². The number of aliphatic carboxylic acids is 1. The van der Waals surface area contributed by atoms with Crippen LogP contribution >= 0.6 is 0 Å². The Balaban J connectivity index is 1.82. The first-order chi connectivity index (χ1) is 9.75. The van der Waals surface area contributed by atoms with E-state index >= 15 is 0 Å². The summed E-state index contributed by atoms with van der Waals surface area (Å²) in [5, 5.41) is 8.57. The van der Waals surface area contributed by atoms with Crippen LogP contribution in [0.25, 0.3) is 11.1 Å². The topological polar surface area (TPSA) is 37.3 Å². The summed E-state index contributed by atoms with van der Waals surface area (Å²) in [5.41, 5.74) is 3.79. The Morgan fingerprint density at radius 1 is 0.800 bits per heavy atom. The lowest BCUT2D eigenvalue weighted by Crippen LogP contribution is -1.94. The third kappa shape index (κ3) is 4.54. The summed E-state index contributed by atoms with van der Waals surface area (Å²) < 4.78 is 0.